The van der Waals surface area contributed by atoms with Crippen molar-refractivity contribution in [2.24, 2.45) is 11.8 Å². The number of nitrogens with one attached hydrogen (secondary N) is 1. The van der Waals surface area contributed by atoms with Gasteiger partial charge in [-0.1, -0.05) is 20.3 Å². The first-order chi connectivity index (χ1) is 11.0. The molecule has 136 valence electrons. The molecular weight excluding hydrogens is 312 g/mol. The molecule has 5 atom stereocenters. The molecule has 2 aliphatic rings. The van der Waals surface area contributed by atoms with Gasteiger partial charge >= 0.3 is 12.1 Å². The normalized spacial score (nSPS) is 27.9. The van der Waals surface area contributed by atoms with E-state index in [4.69, 9.17) is 4.74 Å². The lowest BCUT2D eigenvalue weighted by molar-refractivity contribution is -0.150. The van der Waals surface area contributed by atoms with E-state index in [1.807, 2.05) is 13.8 Å². The summed E-state index contributed by atoms with van der Waals surface area (Å²) >= 11 is 0. The van der Waals surface area contributed by atoms with Crippen LogP contribution in [0.2, 0.25) is 0 Å². The number of carbonyl (C=O) groups excluding carboxylic acids is 2. The Balaban J connectivity index is 2.13. The van der Waals surface area contributed by atoms with E-state index >= 15 is 0 Å². The number of hydrogen-bond donors (Lipinski definition) is 2. The third-order valence-corrected chi connectivity index (χ3v) is 4.80. The number of alkyl carbamates (subject to hydrolysis) is 1. The largest absolute Gasteiger partial charge is 0.480 e. The van der Waals surface area contributed by atoms with E-state index in [0.717, 1.165) is 6.42 Å². The fraction of sp³-hybridized carbons (Fsp3) is 0.824. The lowest BCUT2D eigenvalue weighted by Gasteiger charge is -2.32. The summed E-state index contributed by atoms with van der Waals surface area (Å²) in [5.41, 5.74) is -0.661. The first-order valence-corrected chi connectivity index (χ1v) is 8.59. The predicted molar refractivity (Wildman–Crippen MR) is 87.4 cm³/mol. The second kappa shape index (κ2) is 6.61. The number of likely N-dealkylation sites (tertiary alicyclic amines) is 1. The Bertz CT molecular complexity index is 528. The van der Waals surface area contributed by atoms with E-state index in [1.54, 1.807) is 20.8 Å². The van der Waals surface area contributed by atoms with Crippen LogP contribution in [0.5, 0.6) is 0 Å². The number of hydrogen-bond acceptors (Lipinski definition) is 4. The highest BCUT2D eigenvalue weighted by molar-refractivity contribution is 5.91. The summed E-state index contributed by atoms with van der Waals surface area (Å²) in [4.78, 5) is 38.0. The van der Waals surface area contributed by atoms with Crippen LogP contribution < -0.4 is 5.32 Å². The molecule has 1 heterocycles. The number of ether oxygens (including phenoxy) is 1. The second-order valence-electron chi connectivity index (χ2n) is 7.91. The van der Waals surface area contributed by atoms with E-state index < -0.39 is 29.7 Å². The van der Waals surface area contributed by atoms with Crippen LogP contribution in [0.1, 0.15) is 53.9 Å². The molecule has 0 radical (unpaired) electrons. The Hall–Kier alpha value is -1.79. The molecular formula is C17H28N2O5. The van der Waals surface area contributed by atoms with Gasteiger partial charge in [0.15, 0.2) is 0 Å². The Morgan fingerprint density at radius 1 is 1.29 bits per heavy atom. The second-order valence-corrected chi connectivity index (χ2v) is 7.91. The maximum absolute atomic E-state index is 13.0. The molecule has 1 saturated carbocycles. The van der Waals surface area contributed by atoms with Crippen LogP contribution in [0.25, 0.3) is 0 Å². The fourth-order valence-corrected chi connectivity index (χ4v) is 3.27. The van der Waals surface area contributed by atoms with Crippen LogP contribution in [0.15, 0.2) is 0 Å². The van der Waals surface area contributed by atoms with Crippen molar-refractivity contribution in [3.63, 3.8) is 0 Å². The highest BCUT2D eigenvalue weighted by Gasteiger charge is 2.57. The molecule has 1 saturated heterocycles. The van der Waals surface area contributed by atoms with Crippen molar-refractivity contribution in [1.82, 2.24) is 10.2 Å². The summed E-state index contributed by atoms with van der Waals surface area (Å²) in [7, 11) is 0. The number of aliphatic carboxylic acids is 1. The van der Waals surface area contributed by atoms with Crippen LogP contribution in [-0.4, -0.2) is 51.7 Å². The summed E-state index contributed by atoms with van der Waals surface area (Å²) in [5.74, 6) is -1.12. The van der Waals surface area contributed by atoms with Crippen molar-refractivity contribution in [2.75, 3.05) is 0 Å². The predicted octanol–water partition coefficient (Wildman–Crippen LogP) is 2.00. The van der Waals surface area contributed by atoms with Gasteiger partial charge in [0.05, 0.1) is 0 Å². The van der Waals surface area contributed by atoms with Crippen molar-refractivity contribution in [1.29, 1.82) is 0 Å². The highest BCUT2D eigenvalue weighted by atomic mass is 16.6. The Morgan fingerprint density at radius 2 is 1.92 bits per heavy atom. The summed E-state index contributed by atoms with van der Waals surface area (Å²) in [6.45, 7) is 9.06. The zero-order valence-electron chi connectivity index (χ0n) is 15.0. The number of piperidine rings is 1. The molecule has 24 heavy (non-hydrogen) atoms. The zero-order valence-corrected chi connectivity index (χ0v) is 15.0. The van der Waals surface area contributed by atoms with Gasteiger partial charge in [-0.25, -0.2) is 9.59 Å². The van der Waals surface area contributed by atoms with Crippen LogP contribution >= 0.6 is 0 Å². The van der Waals surface area contributed by atoms with Crippen molar-refractivity contribution in [3.05, 3.63) is 0 Å². The van der Waals surface area contributed by atoms with Crippen LogP contribution in [-0.2, 0) is 14.3 Å². The number of fused-ring (bicyclic) bond motifs is 1. The minimum Gasteiger partial charge on any atom is -0.480 e. The Labute approximate surface area is 142 Å². The number of carbonyl (C=O) groups is 3. The summed E-state index contributed by atoms with van der Waals surface area (Å²) in [6.07, 6.45) is 1.39. The average Bonchev–Trinajstić information content (AvgIpc) is 3.11. The third kappa shape index (κ3) is 3.99. The number of rotatable bonds is 5. The van der Waals surface area contributed by atoms with Crippen LogP contribution in [0, 0.1) is 11.8 Å². The fourth-order valence-electron chi connectivity index (χ4n) is 3.27. The number of carboxylic acids is 1. The molecule has 0 bridgehead atoms. The van der Waals surface area contributed by atoms with E-state index in [9.17, 15) is 19.5 Å². The minimum atomic E-state index is -0.976. The van der Waals surface area contributed by atoms with E-state index in [2.05, 4.69) is 5.32 Å². The quantitative estimate of drug-likeness (QED) is 0.798. The van der Waals surface area contributed by atoms with Gasteiger partial charge in [0, 0.05) is 6.04 Å². The highest BCUT2D eigenvalue weighted by Crippen LogP contribution is 2.48. The summed E-state index contributed by atoms with van der Waals surface area (Å²) < 4.78 is 5.25. The lowest BCUT2D eigenvalue weighted by atomic mass is 9.97. The van der Waals surface area contributed by atoms with Crippen molar-refractivity contribution >= 4 is 18.0 Å². The van der Waals surface area contributed by atoms with Gasteiger partial charge in [-0.3, -0.25) is 4.79 Å². The Morgan fingerprint density at radius 3 is 2.42 bits per heavy atom. The smallest absolute Gasteiger partial charge is 0.408 e. The molecule has 0 aromatic heterocycles. The van der Waals surface area contributed by atoms with Crippen LogP contribution in [0.3, 0.4) is 0 Å². The molecule has 2 N–H and O–H groups in total. The molecule has 1 aliphatic carbocycles. The lowest BCUT2D eigenvalue weighted by Crippen LogP contribution is -2.55. The number of amides is 2. The molecule has 2 fully saturated rings. The molecule has 2 rings (SSSR count). The first kappa shape index (κ1) is 18.5. The van der Waals surface area contributed by atoms with Crippen LogP contribution in [0.4, 0.5) is 4.79 Å². The minimum absolute atomic E-state index is 0.00518. The average molecular weight is 340 g/mol. The van der Waals surface area contributed by atoms with Gasteiger partial charge in [-0.05, 0) is 45.4 Å². The van der Waals surface area contributed by atoms with Crippen molar-refractivity contribution in [3.8, 4) is 0 Å². The molecule has 0 aromatic carbocycles. The van der Waals surface area contributed by atoms with Crippen molar-refractivity contribution in [2.45, 2.75) is 77.6 Å². The maximum Gasteiger partial charge on any atom is 0.408 e. The zero-order chi connectivity index (χ0) is 18.2. The van der Waals surface area contributed by atoms with E-state index in [0.29, 0.717) is 12.8 Å². The monoisotopic (exact) mass is 340 g/mol. The third-order valence-electron chi connectivity index (χ3n) is 4.80. The molecule has 2 amide bonds. The number of carboxylic acid groups (broad SMARTS) is 1. The molecule has 5 unspecified atom stereocenters. The summed E-state index contributed by atoms with van der Waals surface area (Å²) in [5, 5.41) is 12.0. The van der Waals surface area contributed by atoms with Gasteiger partial charge in [0.25, 0.3) is 0 Å². The molecule has 7 heteroatoms. The molecule has 7 nitrogen and oxygen atoms in total. The van der Waals surface area contributed by atoms with Gasteiger partial charge in [0.1, 0.15) is 17.7 Å². The molecule has 0 spiro atoms. The topological polar surface area (TPSA) is 95.9 Å². The SMILES string of the molecule is CCC(C)C(NC(=O)OC(C)(C)C)C(=O)N1C(C(=O)O)CC2CC21. The van der Waals surface area contributed by atoms with Gasteiger partial charge in [-0.15, -0.1) is 0 Å². The molecule has 0 aromatic rings. The standard InChI is InChI=1S/C17H28N2O5/c1-6-9(2)13(18-16(23)24-17(3,4)5)14(20)19-11-7-10(11)8-12(19)15(21)22/h9-13H,6-8H2,1-5H3,(H,18,23)(H,21,22). The maximum atomic E-state index is 13.0. The van der Waals surface area contributed by atoms with Crippen molar-refractivity contribution < 1.29 is 24.2 Å². The first-order valence-electron chi connectivity index (χ1n) is 8.59. The van der Waals surface area contributed by atoms with Gasteiger partial charge in [0.2, 0.25) is 5.91 Å². The summed E-state index contributed by atoms with van der Waals surface area (Å²) in [6, 6.07) is -1.55. The van der Waals surface area contributed by atoms with Gasteiger partial charge in [-0.2, -0.15) is 0 Å². The van der Waals surface area contributed by atoms with E-state index in [1.165, 1.54) is 4.90 Å². The molecule has 1 aliphatic heterocycles. The van der Waals surface area contributed by atoms with E-state index in [-0.39, 0.29) is 23.8 Å². The Kier molecular flexibility index (Phi) is 5.11. The number of nitrogens with zero attached hydrogens (tertiary/aromatic N) is 1. The van der Waals surface area contributed by atoms with Gasteiger partial charge < -0.3 is 20.1 Å².